The number of halogens is 1. The van der Waals surface area contributed by atoms with Gasteiger partial charge in [-0.25, -0.2) is 4.39 Å². The van der Waals surface area contributed by atoms with Crippen LogP contribution in [0.15, 0.2) is 42.5 Å². The lowest BCUT2D eigenvalue weighted by molar-refractivity contribution is 0.0997. The Bertz CT molecular complexity index is 750. The third-order valence-electron chi connectivity index (χ3n) is 3.55. The molecule has 0 aromatic heterocycles. The molecule has 0 saturated heterocycles. The maximum atomic E-state index is 13.2. The first kappa shape index (κ1) is 14.1. The van der Waals surface area contributed by atoms with Crippen molar-refractivity contribution in [3.63, 3.8) is 0 Å². The minimum absolute atomic E-state index is 0.0540. The van der Waals surface area contributed by atoms with Crippen molar-refractivity contribution >= 4 is 11.5 Å². The number of Topliss-reactive ketones (excluding diaryl/α,β-unsaturated/α-hetero) is 1. The van der Waals surface area contributed by atoms with Crippen LogP contribution in [0.5, 0.6) is 5.75 Å². The Labute approximate surface area is 127 Å². The summed E-state index contributed by atoms with van der Waals surface area (Å²) in [5.41, 5.74) is 1.78. The van der Waals surface area contributed by atoms with Crippen LogP contribution < -0.4 is 9.64 Å². The first-order chi connectivity index (χ1) is 10.7. The first-order valence-electron chi connectivity index (χ1n) is 6.88. The zero-order valence-corrected chi connectivity index (χ0v) is 11.8. The van der Waals surface area contributed by atoms with Crippen molar-refractivity contribution in [2.45, 2.75) is 0 Å². The number of carbonyl (C=O) groups is 1. The van der Waals surface area contributed by atoms with E-state index in [2.05, 4.69) is 0 Å². The van der Waals surface area contributed by atoms with Gasteiger partial charge in [0.2, 0.25) is 0 Å². The lowest BCUT2D eigenvalue weighted by Gasteiger charge is -2.30. The second-order valence-corrected chi connectivity index (χ2v) is 4.99. The second kappa shape index (κ2) is 5.86. The minimum atomic E-state index is -0.362. The SMILES string of the molecule is N#Cc1ccc(C(=O)CN2CCOc3cc(F)ccc32)cc1. The number of carbonyl (C=O) groups excluding carboxylic acids is 1. The highest BCUT2D eigenvalue weighted by atomic mass is 19.1. The highest BCUT2D eigenvalue weighted by molar-refractivity contribution is 5.99. The number of ether oxygens (including phenoxy) is 1. The van der Waals surface area contributed by atoms with Crippen molar-refractivity contribution in [2.24, 2.45) is 0 Å². The molecule has 0 N–H and O–H groups in total. The van der Waals surface area contributed by atoms with Gasteiger partial charge in [-0.05, 0) is 24.3 Å². The number of fused-ring (bicyclic) bond motifs is 1. The van der Waals surface area contributed by atoms with Crippen LogP contribution in [0, 0.1) is 17.1 Å². The number of anilines is 1. The maximum absolute atomic E-state index is 13.2. The molecule has 0 bridgehead atoms. The maximum Gasteiger partial charge on any atom is 0.182 e. The Hall–Kier alpha value is -2.87. The van der Waals surface area contributed by atoms with Crippen molar-refractivity contribution < 1.29 is 13.9 Å². The van der Waals surface area contributed by atoms with Crippen LogP contribution >= 0.6 is 0 Å². The van der Waals surface area contributed by atoms with E-state index < -0.39 is 0 Å². The number of hydrogen-bond donors (Lipinski definition) is 0. The van der Waals surface area contributed by atoms with Crippen molar-refractivity contribution in [3.8, 4) is 11.8 Å². The summed E-state index contributed by atoms with van der Waals surface area (Å²) in [6.07, 6.45) is 0. The molecule has 2 aromatic carbocycles. The molecule has 22 heavy (non-hydrogen) atoms. The zero-order valence-electron chi connectivity index (χ0n) is 11.8. The third kappa shape index (κ3) is 2.77. The van der Waals surface area contributed by atoms with Crippen LogP contribution in [-0.2, 0) is 0 Å². The molecule has 1 aliphatic rings. The van der Waals surface area contributed by atoms with Crippen LogP contribution in [0.4, 0.5) is 10.1 Å². The molecule has 0 fully saturated rings. The summed E-state index contributed by atoms with van der Waals surface area (Å²) in [7, 11) is 0. The van der Waals surface area contributed by atoms with Crippen LogP contribution in [0.25, 0.3) is 0 Å². The predicted molar refractivity (Wildman–Crippen MR) is 79.6 cm³/mol. The van der Waals surface area contributed by atoms with E-state index >= 15 is 0 Å². The predicted octanol–water partition coefficient (Wildman–Crippen LogP) is 2.78. The van der Waals surface area contributed by atoms with Crippen molar-refractivity contribution in [2.75, 3.05) is 24.6 Å². The molecule has 110 valence electrons. The van der Waals surface area contributed by atoms with E-state index in [0.717, 1.165) is 5.69 Å². The molecular weight excluding hydrogens is 283 g/mol. The molecular formula is C17H13FN2O2. The molecule has 3 rings (SSSR count). The Morgan fingerprint density at radius 1 is 1.27 bits per heavy atom. The number of rotatable bonds is 3. The van der Waals surface area contributed by atoms with Gasteiger partial charge in [-0.1, -0.05) is 12.1 Å². The van der Waals surface area contributed by atoms with E-state index in [1.54, 1.807) is 30.3 Å². The van der Waals surface area contributed by atoms with Crippen LogP contribution in [0.2, 0.25) is 0 Å². The minimum Gasteiger partial charge on any atom is -0.489 e. The molecule has 1 heterocycles. The molecule has 4 nitrogen and oxygen atoms in total. The van der Waals surface area contributed by atoms with Crippen molar-refractivity contribution in [3.05, 3.63) is 59.4 Å². The summed E-state index contributed by atoms with van der Waals surface area (Å²) in [6, 6.07) is 12.9. The Balaban J connectivity index is 1.79. The Kier molecular flexibility index (Phi) is 3.75. The van der Waals surface area contributed by atoms with Gasteiger partial charge in [0.1, 0.15) is 18.2 Å². The molecule has 1 aliphatic heterocycles. The molecule has 0 atom stereocenters. The van der Waals surface area contributed by atoms with Crippen molar-refractivity contribution in [1.82, 2.24) is 0 Å². The average molecular weight is 296 g/mol. The number of nitrogens with zero attached hydrogens (tertiary/aromatic N) is 2. The topological polar surface area (TPSA) is 53.3 Å². The van der Waals surface area contributed by atoms with Gasteiger partial charge < -0.3 is 9.64 Å². The zero-order chi connectivity index (χ0) is 15.5. The van der Waals surface area contributed by atoms with Gasteiger partial charge in [-0.2, -0.15) is 5.26 Å². The summed E-state index contributed by atoms with van der Waals surface area (Å²) in [6.45, 7) is 1.17. The van der Waals surface area contributed by atoms with E-state index in [0.29, 0.717) is 30.0 Å². The van der Waals surface area contributed by atoms with E-state index in [1.165, 1.54) is 12.1 Å². The first-order valence-corrected chi connectivity index (χ1v) is 6.88. The molecule has 0 spiro atoms. The van der Waals surface area contributed by atoms with Crippen LogP contribution in [0.1, 0.15) is 15.9 Å². The molecule has 5 heteroatoms. The number of nitriles is 1. The molecule has 0 radical (unpaired) electrons. The van der Waals surface area contributed by atoms with Gasteiger partial charge in [-0.15, -0.1) is 0 Å². The third-order valence-corrected chi connectivity index (χ3v) is 3.55. The quantitative estimate of drug-likeness (QED) is 0.817. The molecule has 2 aromatic rings. The standard InChI is InChI=1S/C17H13FN2O2/c18-14-5-6-15-17(9-14)22-8-7-20(15)11-16(21)13-3-1-12(10-19)2-4-13/h1-6,9H,7-8,11H2. The Morgan fingerprint density at radius 2 is 2.05 bits per heavy atom. The van der Waals surface area contributed by atoms with E-state index in [4.69, 9.17) is 10.00 Å². The number of hydrogen-bond acceptors (Lipinski definition) is 4. The summed E-state index contributed by atoms with van der Waals surface area (Å²) in [5.74, 6) is 0.0413. The summed E-state index contributed by atoms with van der Waals surface area (Å²) >= 11 is 0. The van der Waals surface area contributed by atoms with Gasteiger partial charge in [0.15, 0.2) is 5.78 Å². The van der Waals surface area contributed by atoms with Gasteiger partial charge in [-0.3, -0.25) is 4.79 Å². The number of ketones is 1. The largest absolute Gasteiger partial charge is 0.489 e. The summed E-state index contributed by atoms with van der Waals surface area (Å²) in [4.78, 5) is 14.2. The van der Waals surface area contributed by atoms with Crippen LogP contribution in [0.3, 0.4) is 0 Å². The molecule has 0 amide bonds. The molecule has 0 unspecified atom stereocenters. The van der Waals surface area contributed by atoms with Gasteiger partial charge in [0.05, 0.1) is 30.4 Å². The average Bonchev–Trinajstić information content (AvgIpc) is 2.55. The number of benzene rings is 2. The smallest absolute Gasteiger partial charge is 0.182 e. The van der Waals surface area contributed by atoms with Gasteiger partial charge in [0, 0.05) is 11.6 Å². The summed E-state index contributed by atoms with van der Waals surface area (Å²) < 4.78 is 18.7. The summed E-state index contributed by atoms with van der Waals surface area (Å²) in [5, 5.41) is 8.77. The molecule has 0 aliphatic carbocycles. The fraction of sp³-hybridized carbons (Fsp3) is 0.176. The van der Waals surface area contributed by atoms with E-state index in [9.17, 15) is 9.18 Å². The van der Waals surface area contributed by atoms with Crippen LogP contribution in [-0.4, -0.2) is 25.5 Å². The fourth-order valence-corrected chi connectivity index (χ4v) is 2.41. The van der Waals surface area contributed by atoms with E-state index in [-0.39, 0.29) is 18.1 Å². The monoisotopic (exact) mass is 296 g/mol. The van der Waals surface area contributed by atoms with Gasteiger partial charge >= 0.3 is 0 Å². The highest BCUT2D eigenvalue weighted by Crippen LogP contribution is 2.32. The normalized spacial score (nSPS) is 13.0. The van der Waals surface area contributed by atoms with E-state index in [1.807, 2.05) is 11.0 Å². The fourth-order valence-electron chi connectivity index (χ4n) is 2.41. The van der Waals surface area contributed by atoms with Gasteiger partial charge in [0.25, 0.3) is 0 Å². The Morgan fingerprint density at radius 3 is 2.77 bits per heavy atom. The lowest BCUT2D eigenvalue weighted by Crippen LogP contribution is -2.36. The lowest BCUT2D eigenvalue weighted by atomic mass is 10.1. The highest BCUT2D eigenvalue weighted by Gasteiger charge is 2.21. The second-order valence-electron chi connectivity index (χ2n) is 4.99. The molecule has 0 saturated carbocycles. The van der Waals surface area contributed by atoms with Crippen molar-refractivity contribution in [1.29, 1.82) is 5.26 Å².